The van der Waals surface area contributed by atoms with Crippen LogP contribution in [0, 0.1) is 13.8 Å². The van der Waals surface area contributed by atoms with Gasteiger partial charge in [-0.25, -0.2) is 0 Å². The van der Waals surface area contributed by atoms with Gasteiger partial charge in [-0.1, -0.05) is 12.1 Å². The number of aliphatic imine (C=N–C) groups is 1. The Hall–Kier alpha value is -2.54. The molecule has 0 aliphatic carbocycles. The van der Waals surface area contributed by atoms with E-state index < -0.39 is 0 Å². The Morgan fingerprint density at radius 3 is 2.71 bits per heavy atom. The molecule has 2 N–H and O–H groups in total. The largest absolute Gasteiger partial charge is 0.492 e. The maximum atomic E-state index is 5.80. The van der Waals surface area contributed by atoms with Gasteiger partial charge in [0, 0.05) is 38.9 Å². The molecule has 0 fully saturated rings. The lowest BCUT2D eigenvalue weighted by Crippen LogP contribution is -2.37. The molecule has 0 amide bonds. The number of likely N-dealkylation sites (N-methyl/N-ethyl adjacent to an activating group) is 1. The highest BCUT2D eigenvalue weighted by Gasteiger charge is 2.03. The number of nitrogens with zero attached hydrogens (tertiary/aromatic N) is 4. The standard InChI is InChI=1S/C21H34N6O/c1-17-14-18(2)27(25-17)11-7-10-23-21(22-3)24-16-19-8-6-9-20(15-19)28-13-12-26(4)5/h6,8-9,14-15H,7,10-13,16H2,1-5H3,(H2,22,23,24). The van der Waals surface area contributed by atoms with Crippen molar-refractivity contribution >= 4 is 5.96 Å². The molecule has 1 aromatic carbocycles. The Kier molecular flexibility index (Phi) is 8.81. The van der Waals surface area contributed by atoms with Gasteiger partial charge in [0.1, 0.15) is 12.4 Å². The third-order valence-electron chi connectivity index (χ3n) is 4.33. The van der Waals surface area contributed by atoms with E-state index in [-0.39, 0.29) is 0 Å². The van der Waals surface area contributed by atoms with Crippen LogP contribution >= 0.6 is 0 Å². The molecule has 7 nitrogen and oxygen atoms in total. The predicted molar refractivity (Wildman–Crippen MR) is 115 cm³/mol. The lowest BCUT2D eigenvalue weighted by atomic mass is 10.2. The molecule has 0 atom stereocenters. The van der Waals surface area contributed by atoms with Crippen molar-refractivity contribution < 1.29 is 4.74 Å². The molecule has 0 aliphatic heterocycles. The summed E-state index contributed by atoms with van der Waals surface area (Å²) in [4.78, 5) is 6.40. The number of ether oxygens (including phenoxy) is 1. The Morgan fingerprint density at radius 2 is 2.04 bits per heavy atom. The first-order chi connectivity index (χ1) is 13.5. The van der Waals surface area contributed by atoms with Gasteiger partial charge in [-0.05, 0) is 58.1 Å². The molecule has 28 heavy (non-hydrogen) atoms. The number of nitrogens with one attached hydrogen (secondary N) is 2. The molecule has 7 heteroatoms. The van der Waals surface area contributed by atoms with Crippen LogP contribution in [0.3, 0.4) is 0 Å². The summed E-state index contributed by atoms with van der Waals surface area (Å²) >= 11 is 0. The van der Waals surface area contributed by atoms with Crippen molar-refractivity contribution in [2.45, 2.75) is 33.4 Å². The molecular formula is C21H34N6O. The molecule has 154 valence electrons. The van der Waals surface area contributed by atoms with E-state index in [0.29, 0.717) is 13.2 Å². The maximum Gasteiger partial charge on any atom is 0.191 e. The Labute approximate surface area is 168 Å². The van der Waals surface area contributed by atoms with E-state index in [1.807, 2.05) is 33.2 Å². The number of benzene rings is 1. The molecule has 2 rings (SSSR count). The van der Waals surface area contributed by atoms with E-state index in [4.69, 9.17) is 4.74 Å². The monoisotopic (exact) mass is 386 g/mol. The quantitative estimate of drug-likeness (QED) is 0.372. The smallest absolute Gasteiger partial charge is 0.191 e. The Balaban J connectivity index is 1.72. The van der Waals surface area contributed by atoms with Crippen LogP contribution in [-0.2, 0) is 13.1 Å². The summed E-state index contributed by atoms with van der Waals surface area (Å²) in [5.41, 5.74) is 3.43. The van der Waals surface area contributed by atoms with Gasteiger partial charge in [0.25, 0.3) is 0 Å². The third-order valence-corrected chi connectivity index (χ3v) is 4.33. The molecule has 0 aliphatic rings. The van der Waals surface area contributed by atoms with Crippen molar-refractivity contribution in [2.24, 2.45) is 4.99 Å². The molecule has 0 saturated carbocycles. The van der Waals surface area contributed by atoms with Gasteiger partial charge in [0.2, 0.25) is 0 Å². The number of hydrogen-bond donors (Lipinski definition) is 2. The second-order valence-corrected chi connectivity index (χ2v) is 7.16. The van der Waals surface area contributed by atoms with Crippen LogP contribution < -0.4 is 15.4 Å². The summed E-state index contributed by atoms with van der Waals surface area (Å²) in [6.07, 6.45) is 0.984. The minimum absolute atomic E-state index is 0.683. The van der Waals surface area contributed by atoms with Crippen molar-refractivity contribution in [3.63, 3.8) is 0 Å². The van der Waals surface area contributed by atoms with Crippen molar-refractivity contribution in [3.05, 3.63) is 47.3 Å². The van der Waals surface area contributed by atoms with Crippen molar-refractivity contribution in [2.75, 3.05) is 40.8 Å². The van der Waals surface area contributed by atoms with Crippen LogP contribution in [-0.4, -0.2) is 61.5 Å². The topological polar surface area (TPSA) is 66.7 Å². The van der Waals surface area contributed by atoms with Gasteiger partial charge in [-0.15, -0.1) is 0 Å². The molecule has 1 heterocycles. The van der Waals surface area contributed by atoms with Crippen LogP contribution in [0.4, 0.5) is 0 Å². The van der Waals surface area contributed by atoms with E-state index >= 15 is 0 Å². The second-order valence-electron chi connectivity index (χ2n) is 7.16. The minimum Gasteiger partial charge on any atom is -0.492 e. The first kappa shape index (κ1) is 21.8. The van der Waals surface area contributed by atoms with Crippen LogP contribution in [0.5, 0.6) is 5.75 Å². The van der Waals surface area contributed by atoms with Crippen molar-refractivity contribution in [1.82, 2.24) is 25.3 Å². The van der Waals surface area contributed by atoms with Crippen LogP contribution in [0.2, 0.25) is 0 Å². The fourth-order valence-electron chi connectivity index (χ4n) is 2.83. The van der Waals surface area contributed by atoms with E-state index in [9.17, 15) is 0 Å². The molecule has 2 aromatic rings. The summed E-state index contributed by atoms with van der Waals surface area (Å²) in [5.74, 6) is 1.70. The second kappa shape index (κ2) is 11.3. The number of guanidine groups is 1. The zero-order chi connectivity index (χ0) is 20.4. The van der Waals surface area contributed by atoms with Crippen LogP contribution in [0.25, 0.3) is 0 Å². The molecule has 1 aromatic heterocycles. The highest BCUT2D eigenvalue weighted by molar-refractivity contribution is 5.79. The van der Waals surface area contributed by atoms with Gasteiger partial charge < -0.3 is 20.3 Å². The summed E-state index contributed by atoms with van der Waals surface area (Å²) < 4.78 is 7.85. The highest BCUT2D eigenvalue weighted by Crippen LogP contribution is 2.13. The SMILES string of the molecule is CN=C(NCCCn1nc(C)cc1C)NCc1cccc(OCCN(C)C)c1. The van der Waals surface area contributed by atoms with Crippen molar-refractivity contribution in [3.8, 4) is 5.75 Å². The molecule has 0 spiro atoms. The van der Waals surface area contributed by atoms with Crippen molar-refractivity contribution in [1.29, 1.82) is 0 Å². The maximum absolute atomic E-state index is 5.80. The summed E-state index contributed by atoms with van der Waals surface area (Å²) in [5, 5.41) is 11.2. The normalized spacial score (nSPS) is 11.7. The summed E-state index contributed by atoms with van der Waals surface area (Å²) in [6.45, 7) is 8.13. The first-order valence-electron chi connectivity index (χ1n) is 9.80. The third kappa shape index (κ3) is 7.60. The zero-order valence-corrected chi connectivity index (χ0v) is 17.8. The number of hydrogen-bond acceptors (Lipinski definition) is 4. The Bertz CT molecular complexity index is 753. The molecule has 0 saturated heterocycles. The number of aryl methyl sites for hydroxylation is 3. The van der Waals surface area contributed by atoms with Gasteiger partial charge in [-0.3, -0.25) is 9.67 Å². The van der Waals surface area contributed by atoms with E-state index in [1.54, 1.807) is 7.05 Å². The van der Waals surface area contributed by atoms with Gasteiger partial charge in [0.15, 0.2) is 5.96 Å². The fourth-order valence-corrected chi connectivity index (χ4v) is 2.83. The lowest BCUT2D eigenvalue weighted by molar-refractivity contribution is 0.261. The molecular weight excluding hydrogens is 352 g/mol. The zero-order valence-electron chi connectivity index (χ0n) is 17.8. The molecule has 0 bridgehead atoms. The summed E-state index contributed by atoms with van der Waals surface area (Å²) in [6, 6.07) is 10.3. The van der Waals surface area contributed by atoms with Gasteiger partial charge in [0.05, 0.1) is 5.69 Å². The Morgan fingerprint density at radius 1 is 1.21 bits per heavy atom. The number of rotatable bonds is 10. The number of aromatic nitrogens is 2. The van der Waals surface area contributed by atoms with E-state index in [0.717, 1.165) is 49.0 Å². The minimum atomic E-state index is 0.683. The van der Waals surface area contributed by atoms with Crippen LogP contribution in [0.1, 0.15) is 23.4 Å². The highest BCUT2D eigenvalue weighted by atomic mass is 16.5. The van der Waals surface area contributed by atoms with Crippen LogP contribution in [0.15, 0.2) is 35.3 Å². The predicted octanol–water partition coefficient (Wildman–Crippen LogP) is 2.20. The molecule has 0 unspecified atom stereocenters. The van der Waals surface area contributed by atoms with E-state index in [2.05, 4.69) is 55.4 Å². The first-order valence-corrected chi connectivity index (χ1v) is 9.80. The average Bonchev–Trinajstić information content (AvgIpc) is 2.98. The summed E-state index contributed by atoms with van der Waals surface area (Å²) in [7, 11) is 5.87. The average molecular weight is 387 g/mol. The van der Waals surface area contributed by atoms with E-state index in [1.165, 1.54) is 5.69 Å². The van der Waals surface area contributed by atoms with Gasteiger partial charge >= 0.3 is 0 Å². The molecule has 0 radical (unpaired) electrons. The van der Waals surface area contributed by atoms with Gasteiger partial charge in [-0.2, -0.15) is 5.10 Å². The fraction of sp³-hybridized carbons (Fsp3) is 0.524. The lowest BCUT2D eigenvalue weighted by Gasteiger charge is -2.14.